The van der Waals surface area contributed by atoms with E-state index in [1.807, 2.05) is 0 Å². The van der Waals surface area contributed by atoms with Crippen LogP contribution in [0.2, 0.25) is 0 Å². The Labute approximate surface area is 98.7 Å². The third kappa shape index (κ3) is 3.70. The number of halogens is 1. The average molecular weight is 260 g/mol. The van der Waals surface area contributed by atoms with Crippen LogP contribution in [0.4, 0.5) is 10.1 Å². The predicted molar refractivity (Wildman–Crippen MR) is 61.5 cm³/mol. The minimum absolute atomic E-state index is 0.000486. The van der Waals surface area contributed by atoms with Gasteiger partial charge in [0.05, 0.1) is 4.90 Å². The van der Waals surface area contributed by atoms with E-state index in [-0.39, 0.29) is 10.6 Å². The van der Waals surface area contributed by atoms with Gasteiger partial charge in [-0.05, 0) is 25.1 Å². The molecule has 1 aromatic carbocycles. The van der Waals surface area contributed by atoms with Crippen molar-refractivity contribution in [3.8, 4) is 0 Å². The summed E-state index contributed by atoms with van der Waals surface area (Å²) in [7, 11) is -3.86. The summed E-state index contributed by atoms with van der Waals surface area (Å²) in [6.45, 7) is 2.00. The van der Waals surface area contributed by atoms with Crippen molar-refractivity contribution >= 4 is 21.4 Å². The maximum atomic E-state index is 13.0. The van der Waals surface area contributed by atoms with Crippen molar-refractivity contribution in [3.63, 3.8) is 0 Å². The number of nitrogens with one attached hydrogen (secondary N) is 1. The summed E-state index contributed by atoms with van der Waals surface area (Å²) < 4.78 is 36.5. The van der Waals surface area contributed by atoms with Crippen LogP contribution in [0.15, 0.2) is 23.1 Å². The smallest absolute Gasteiger partial charge is 0.235 e. The second-order valence-corrected chi connectivity index (χ2v) is 5.42. The third-order valence-corrected chi connectivity index (χ3v) is 3.54. The number of benzene rings is 1. The van der Waals surface area contributed by atoms with Gasteiger partial charge in [0.15, 0.2) is 9.84 Å². The molecule has 1 rings (SSSR count). The molecule has 0 saturated heterocycles. The van der Waals surface area contributed by atoms with E-state index < -0.39 is 27.3 Å². The first-order chi connectivity index (χ1) is 7.85. The van der Waals surface area contributed by atoms with Crippen LogP contribution < -0.4 is 11.1 Å². The van der Waals surface area contributed by atoms with E-state index in [4.69, 9.17) is 5.73 Å². The normalized spacial score (nSPS) is 11.2. The van der Waals surface area contributed by atoms with Crippen molar-refractivity contribution in [2.45, 2.75) is 11.8 Å². The number of hydrogen-bond donors (Lipinski definition) is 2. The molecule has 0 aliphatic heterocycles. The van der Waals surface area contributed by atoms with Crippen molar-refractivity contribution in [1.82, 2.24) is 5.32 Å². The van der Waals surface area contributed by atoms with Crippen LogP contribution in [0, 0.1) is 5.82 Å². The number of nitrogen functional groups attached to an aromatic ring is 1. The highest BCUT2D eigenvalue weighted by Gasteiger charge is 2.20. The van der Waals surface area contributed by atoms with Gasteiger partial charge in [0, 0.05) is 12.2 Å². The van der Waals surface area contributed by atoms with Gasteiger partial charge >= 0.3 is 0 Å². The molecule has 94 valence electrons. The molecule has 0 unspecified atom stereocenters. The molecule has 0 atom stereocenters. The number of amides is 1. The molecular formula is C10H13FN2O3S. The number of carbonyl (C=O) groups excluding carboxylic acids is 1. The first kappa shape index (κ1) is 13.4. The zero-order chi connectivity index (χ0) is 13.1. The van der Waals surface area contributed by atoms with E-state index in [1.165, 1.54) is 0 Å². The van der Waals surface area contributed by atoms with Gasteiger partial charge < -0.3 is 11.1 Å². The van der Waals surface area contributed by atoms with E-state index in [0.29, 0.717) is 6.54 Å². The Morgan fingerprint density at radius 3 is 2.59 bits per heavy atom. The van der Waals surface area contributed by atoms with Crippen LogP contribution in [0.1, 0.15) is 6.92 Å². The topological polar surface area (TPSA) is 89.3 Å². The maximum Gasteiger partial charge on any atom is 0.235 e. The number of carbonyl (C=O) groups is 1. The molecule has 1 amide bonds. The van der Waals surface area contributed by atoms with Gasteiger partial charge in [0.1, 0.15) is 11.6 Å². The van der Waals surface area contributed by atoms with Crippen LogP contribution in [0.3, 0.4) is 0 Å². The molecule has 5 nitrogen and oxygen atoms in total. The first-order valence-corrected chi connectivity index (χ1v) is 6.56. The highest BCUT2D eigenvalue weighted by atomic mass is 32.2. The number of nitrogens with two attached hydrogens (primary N) is 1. The molecule has 0 aromatic heterocycles. The lowest BCUT2D eigenvalue weighted by molar-refractivity contribution is -0.118. The third-order valence-electron chi connectivity index (χ3n) is 1.95. The lowest BCUT2D eigenvalue weighted by Gasteiger charge is -2.05. The van der Waals surface area contributed by atoms with E-state index in [9.17, 15) is 17.6 Å². The highest BCUT2D eigenvalue weighted by molar-refractivity contribution is 7.92. The van der Waals surface area contributed by atoms with Crippen molar-refractivity contribution < 1.29 is 17.6 Å². The molecule has 0 spiro atoms. The number of rotatable bonds is 4. The molecule has 0 radical (unpaired) electrons. The zero-order valence-corrected chi connectivity index (χ0v) is 10.1. The molecule has 1 aromatic rings. The van der Waals surface area contributed by atoms with Crippen molar-refractivity contribution in [1.29, 1.82) is 0 Å². The van der Waals surface area contributed by atoms with E-state index in [0.717, 1.165) is 18.2 Å². The molecule has 17 heavy (non-hydrogen) atoms. The largest absolute Gasteiger partial charge is 0.399 e. The van der Waals surface area contributed by atoms with Crippen LogP contribution in [-0.2, 0) is 14.6 Å². The predicted octanol–water partition coefficient (Wildman–Crippen LogP) is 0.318. The Morgan fingerprint density at radius 2 is 2.06 bits per heavy atom. The summed E-state index contributed by atoms with van der Waals surface area (Å²) >= 11 is 0. The molecule has 0 heterocycles. The summed E-state index contributed by atoms with van der Waals surface area (Å²) in [5.41, 5.74) is 5.34. The van der Waals surface area contributed by atoms with Gasteiger partial charge in [-0.15, -0.1) is 0 Å². The number of hydrogen-bond acceptors (Lipinski definition) is 4. The second-order valence-electron chi connectivity index (χ2n) is 3.43. The van der Waals surface area contributed by atoms with E-state index in [2.05, 4.69) is 5.32 Å². The Balaban J connectivity index is 3.01. The summed E-state index contributed by atoms with van der Waals surface area (Å²) in [6.07, 6.45) is 0. The van der Waals surface area contributed by atoms with Crippen LogP contribution in [-0.4, -0.2) is 26.6 Å². The van der Waals surface area contributed by atoms with Crippen molar-refractivity contribution in [2.75, 3.05) is 18.0 Å². The van der Waals surface area contributed by atoms with Gasteiger partial charge in [-0.25, -0.2) is 12.8 Å². The molecule has 0 aliphatic rings. The van der Waals surface area contributed by atoms with Crippen molar-refractivity contribution in [3.05, 3.63) is 24.0 Å². The van der Waals surface area contributed by atoms with Crippen LogP contribution in [0.25, 0.3) is 0 Å². The monoisotopic (exact) mass is 260 g/mol. The van der Waals surface area contributed by atoms with E-state index in [1.54, 1.807) is 6.92 Å². The van der Waals surface area contributed by atoms with Gasteiger partial charge in [0.25, 0.3) is 0 Å². The SMILES string of the molecule is CCNC(=O)CS(=O)(=O)c1cc(N)cc(F)c1. The fraction of sp³-hybridized carbons (Fsp3) is 0.300. The molecule has 0 bridgehead atoms. The van der Waals surface area contributed by atoms with Gasteiger partial charge in [0.2, 0.25) is 5.91 Å². The van der Waals surface area contributed by atoms with Gasteiger partial charge in [-0.3, -0.25) is 4.79 Å². The summed E-state index contributed by atoms with van der Waals surface area (Å²) in [4.78, 5) is 10.9. The van der Waals surface area contributed by atoms with E-state index >= 15 is 0 Å². The fourth-order valence-electron chi connectivity index (χ4n) is 1.27. The van der Waals surface area contributed by atoms with Gasteiger partial charge in [-0.1, -0.05) is 0 Å². The average Bonchev–Trinajstić information content (AvgIpc) is 2.15. The number of sulfone groups is 1. The quantitative estimate of drug-likeness (QED) is 0.763. The lowest BCUT2D eigenvalue weighted by atomic mass is 10.3. The fourth-order valence-corrected chi connectivity index (χ4v) is 2.49. The van der Waals surface area contributed by atoms with Crippen LogP contribution >= 0.6 is 0 Å². The zero-order valence-electron chi connectivity index (χ0n) is 9.23. The molecule has 0 saturated carbocycles. The Hall–Kier alpha value is -1.63. The second kappa shape index (κ2) is 5.13. The molecular weight excluding hydrogens is 247 g/mol. The number of anilines is 1. The standard InChI is InChI=1S/C10H13FN2O3S/c1-2-13-10(14)6-17(15,16)9-4-7(11)3-8(12)5-9/h3-5H,2,6,12H2,1H3,(H,13,14). The van der Waals surface area contributed by atoms with Crippen LogP contribution in [0.5, 0.6) is 0 Å². The summed E-state index contributed by atoms with van der Waals surface area (Å²) in [6, 6.07) is 2.97. The summed E-state index contributed by atoms with van der Waals surface area (Å²) in [5, 5.41) is 2.36. The van der Waals surface area contributed by atoms with Gasteiger partial charge in [-0.2, -0.15) is 0 Å². The minimum Gasteiger partial charge on any atom is -0.399 e. The Bertz CT molecular complexity index is 508. The first-order valence-electron chi connectivity index (χ1n) is 4.90. The van der Waals surface area contributed by atoms with Crippen molar-refractivity contribution in [2.24, 2.45) is 0 Å². The molecule has 3 N–H and O–H groups in total. The lowest BCUT2D eigenvalue weighted by Crippen LogP contribution is -2.30. The minimum atomic E-state index is -3.86. The Morgan fingerprint density at radius 1 is 1.41 bits per heavy atom. The molecule has 0 aliphatic carbocycles. The Kier molecular flexibility index (Phi) is 4.06. The maximum absolute atomic E-state index is 13.0. The molecule has 7 heteroatoms. The molecule has 0 fully saturated rings. The highest BCUT2D eigenvalue weighted by Crippen LogP contribution is 2.17. The summed E-state index contributed by atoms with van der Waals surface area (Å²) in [5.74, 6) is -2.10.